The maximum Gasteiger partial charge on any atom is 0.418 e. The SMILES string of the molecule is O=C(Nc1ccc(C(F)(F)F)cc1Cl)c1c[nH]c2cccc(O)c2c1=O.O=C(Nc1ccc(N2CCC[C@H]2CO)cc1C(F)(F)F)c1c[nH]c2ccccc2c1=O. The fraction of sp³-hybridized carbons (Fsp3) is 0.179. The first-order valence-electron chi connectivity index (χ1n) is 17.0. The number of nitrogens with zero attached hydrogens (tertiary/aromatic N) is 1. The van der Waals surface area contributed by atoms with Gasteiger partial charge in [-0.3, -0.25) is 19.2 Å². The number of alkyl halides is 6. The lowest BCUT2D eigenvalue weighted by atomic mass is 10.1. The number of pyridine rings is 2. The van der Waals surface area contributed by atoms with Crippen LogP contribution < -0.4 is 26.4 Å². The predicted octanol–water partition coefficient (Wildman–Crippen LogP) is 7.92. The number of aromatic amines is 2. The van der Waals surface area contributed by atoms with Crippen LogP contribution in [0.1, 0.15) is 44.7 Å². The molecule has 1 aliphatic heterocycles. The van der Waals surface area contributed by atoms with Crippen molar-refractivity contribution in [3.63, 3.8) is 0 Å². The number of phenols is 1. The number of hydrogen-bond acceptors (Lipinski definition) is 7. The standard InChI is InChI=1S/C22H20F3N3O3.C17H10ClF3N2O3/c23-22(24,25)17-10-13(28-9-3-4-14(28)12-29)7-8-19(17)27-21(31)16-11-26-18-6-2-1-5-15(18)20(16)30;18-10-6-8(17(19,20)21)4-5-11(10)23-16(26)9-7-22-12-2-1-3-13(24)14(12)15(9)25/h1-2,5-8,10-11,14,29H,3-4,9,12H2,(H,26,30)(H,27,31);1-7,24H,(H,22,25)(H,23,26)/t14-;/m0./s1. The van der Waals surface area contributed by atoms with Crippen LogP contribution in [0.5, 0.6) is 5.75 Å². The molecule has 6 aromatic rings. The van der Waals surface area contributed by atoms with Gasteiger partial charge >= 0.3 is 12.4 Å². The van der Waals surface area contributed by atoms with Crippen LogP contribution in [0, 0.1) is 0 Å². The highest BCUT2D eigenvalue weighted by molar-refractivity contribution is 6.34. The number of aliphatic hydroxyl groups excluding tert-OH is 1. The minimum Gasteiger partial charge on any atom is -0.507 e. The zero-order chi connectivity index (χ0) is 41.2. The summed E-state index contributed by atoms with van der Waals surface area (Å²) in [5.74, 6) is -2.11. The molecule has 7 rings (SSSR count). The number of fused-ring (bicyclic) bond motifs is 2. The summed E-state index contributed by atoms with van der Waals surface area (Å²) in [7, 11) is 0. The number of aromatic nitrogens is 2. The Bertz CT molecular complexity index is 2630. The summed E-state index contributed by atoms with van der Waals surface area (Å²) in [6.07, 6.45) is -5.48. The number of halogens is 7. The number of anilines is 3. The third kappa shape index (κ3) is 8.58. The van der Waals surface area contributed by atoms with Crippen molar-refractivity contribution in [2.75, 3.05) is 28.7 Å². The molecule has 0 spiro atoms. The number of rotatable bonds is 6. The van der Waals surface area contributed by atoms with E-state index in [0.29, 0.717) is 35.8 Å². The molecule has 0 saturated carbocycles. The molecule has 4 aromatic carbocycles. The monoisotopic (exact) mass is 813 g/mol. The average molecular weight is 814 g/mol. The molecule has 2 amide bonds. The Hall–Kier alpha value is -6.33. The van der Waals surface area contributed by atoms with E-state index in [-0.39, 0.29) is 51.0 Å². The molecule has 0 aliphatic carbocycles. The lowest BCUT2D eigenvalue weighted by Gasteiger charge is -2.26. The van der Waals surface area contributed by atoms with Crippen LogP contribution in [0.2, 0.25) is 5.02 Å². The Balaban J connectivity index is 0.000000196. The maximum atomic E-state index is 13.7. The van der Waals surface area contributed by atoms with Gasteiger partial charge in [0.1, 0.15) is 16.9 Å². The van der Waals surface area contributed by atoms with Gasteiger partial charge in [0.15, 0.2) is 0 Å². The highest BCUT2D eigenvalue weighted by atomic mass is 35.5. The second kappa shape index (κ2) is 16.0. The van der Waals surface area contributed by atoms with Crippen LogP contribution in [0.3, 0.4) is 0 Å². The van der Waals surface area contributed by atoms with Crippen LogP contribution in [0.15, 0.2) is 101 Å². The fourth-order valence-corrected chi connectivity index (χ4v) is 6.57. The summed E-state index contributed by atoms with van der Waals surface area (Å²) >= 11 is 5.79. The third-order valence-corrected chi connectivity index (χ3v) is 9.50. The maximum absolute atomic E-state index is 13.7. The van der Waals surface area contributed by atoms with Crippen LogP contribution >= 0.6 is 11.6 Å². The quantitative estimate of drug-likeness (QED) is 0.0930. The molecule has 11 nitrogen and oxygen atoms in total. The number of phenolic OH excluding ortho intramolecular Hbond substituents is 1. The zero-order valence-corrected chi connectivity index (χ0v) is 29.9. The Morgan fingerprint density at radius 1 is 0.789 bits per heavy atom. The Morgan fingerprint density at radius 3 is 2.09 bits per heavy atom. The summed E-state index contributed by atoms with van der Waals surface area (Å²) in [5.41, 5.74) is -3.22. The number of carbonyl (C=O) groups is 2. The molecule has 57 heavy (non-hydrogen) atoms. The van der Waals surface area contributed by atoms with Crippen molar-refractivity contribution in [3.05, 3.63) is 139 Å². The van der Waals surface area contributed by atoms with E-state index in [1.807, 2.05) is 0 Å². The molecule has 6 N–H and O–H groups in total. The first-order valence-corrected chi connectivity index (χ1v) is 17.4. The minimum absolute atomic E-state index is 0.0707. The van der Waals surface area contributed by atoms with Gasteiger partial charge in [0.25, 0.3) is 11.8 Å². The minimum atomic E-state index is -4.72. The van der Waals surface area contributed by atoms with E-state index in [2.05, 4.69) is 20.6 Å². The van der Waals surface area contributed by atoms with Crippen LogP contribution in [-0.4, -0.2) is 51.2 Å². The smallest absolute Gasteiger partial charge is 0.418 e. The van der Waals surface area contributed by atoms with E-state index in [0.717, 1.165) is 30.8 Å². The second-order valence-electron chi connectivity index (χ2n) is 12.8. The molecule has 0 bridgehead atoms. The first-order chi connectivity index (χ1) is 27.0. The van der Waals surface area contributed by atoms with Crippen molar-refractivity contribution < 1.29 is 46.1 Å². The van der Waals surface area contributed by atoms with E-state index >= 15 is 0 Å². The molecule has 1 aliphatic rings. The Morgan fingerprint density at radius 2 is 1.42 bits per heavy atom. The van der Waals surface area contributed by atoms with Gasteiger partial charge in [-0.05, 0) is 73.5 Å². The Kier molecular flexibility index (Phi) is 11.3. The van der Waals surface area contributed by atoms with E-state index in [4.69, 9.17) is 11.6 Å². The van der Waals surface area contributed by atoms with Crippen molar-refractivity contribution in [3.8, 4) is 5.75 Å². The highest BCUT2D eigenvalue weighted by Crippen LogP contribution is 2.39. The Labute approximate surface area is 322 Å². The summed E-state index contributed by atoms with van der Waals surface area (Å²) in [4.78, 5) is 57.3. The van der Waals surface area contributed by atoms with Crippen molar-refractivity contribution in [1.82, 2.24) is 9.97 Å². The van der Waals surface area contributed by atoms with Gasteiger partial charge in [-0.1, -0.05) is 29.8 Å². The van der Waals surface area contributed by atoms with Gasteiger partial charge in [0.2, 0.25) is 10.9 Å². The van der Waals surface area contributed by atoms with Crippen molar-refractivity contribution in [2.24, 2.45) is 0 Å². The normalized spacial score (nSPS) is 14.3. The van der Waals surface area contributed by atoms with E-state index in [1.54, 1.807) is 29.2 Å². The number of H-pyrrole nitrogens is 2. The number of aromatic hydroxyl groups is 1. The van der Waals surface area contributed by atoms with Crippen LogP contribution in [0.4, 0.5) is 43.4 Å². The molecule has 296 valence electrons. The number of amides is 2. The lowest BCUT2D eigenvalue weighted by Crippen LogP contribution is -2.32. The van der Waals surface area contributed by atoms with E-state index in [9.17, 15) is 55.7 Å². The number of benzene rings is 4. The topological polar surface area (TPSA) is 168 Å². The molecule has 18 heteroatoms. The predicted molar refractivity (Wildman–Crippen MR) is 202 cm³/mol. The number of carbonyl (C=O) groups excluding carboxylic acids is 2. The molecule has 1 atom stereocenters. The third-order valence-electron chi connectivity index (χ3n) is 9.18. The van der Waals surface area contributed by atoms with E-state index < -0.39 is 51.8 Å². The van der Waals surface area contributed by atoms with Gasteiger partial charge in [-0.2, -0.15) is 26.3 Å². The largest absolute Gasteiger partial charge is 0.507 e. The molecule has 2 aromatic heterocycles. The molecular formula is C39H30ClF6N5O6. The van der Waals surface area contributed by atoms with Gasteiger partial charge in [0, 0.05) is 35.5 Å². The molecule has 1 fully saturated rings. The molecular weight excluding hydrogens is 784 g/mol. The second-order valence-corrected chi connectivity index (χ2v) is 13.2. The molecule has 3 heterocycles. The van der Waals surface area contributed by atoms with Gasteiger partial charge in [-0.15, -0.1) is 0 Å². The number of aliphatic hydroxyl groups is 1. The summed E-state index contributed by atoms with van der Waals surface area (Å²) in [6.45, 7) is 0.394. The van der Waals surface area contributed by atoms with Gasteiger partial charge < -0.3 is 35.7 Å². The molecule has 1 saturated heterocycles. The number of hydrogen-bond donors (Lipinski definition) is 6. The first kappa shape index (κ1) is 40.3. The van der Waals surface area contributed by atoms with Crippen LogP contribution in [-0.2, 0) is 12.4 Å². The molecule has 0 unspecified atom stereocenters. The van der Waals surface area contributed by atoms with Crippen molar-refractivity contribution >= 4 is 62.3 Å². The molecule has 0 radical (unpaired) electrons. The van der Waals surface area contributed by atoms with Crippen LogP contribution in [0.25, 0.3) is 21.8 Å². The lowest BCUT2D eigenvalue weighted by molar-refractivity contribution is -0.138. The van der Waals surface area contributed by atoms with Gasteiger partial charge in [0.05, 0.1) is 51.1 Å². The number of nitrogens with one attached hydrogen (secondary N) is 4. The zero-order valence-electron chi connectivity index (χ0n) is 29.2. The van der Waals surface area contributed by atoms with E-state index in [1.165, 1.54) is 36.5 Å². The summed E-state index contributed by atoms with van der Waals surface area (Å²) < 4.78 is 79.2. The van der Waals surface area contributed by atoms with Crippen molar-refractivity contribution in [2.45, 2.75) is 31.2 Å². The summed E-state index contributed by atoms with van der Waals surface area (Å²) in [5, 5.41) is 23.7. The number of para-hydroxylation sites is 1. The summed E-state index contributed by atoms with van der Waals surface area (Å²) in [6, 6.07) is 16.7. The average Bonchev–Trinajstić information content (AvgIpc) is 3.65. The fourth-order valence-electron chi connectivity index (χ4n) is 6.35. The van der Waals surface area contributed by atoms with Gasteiger partial charge in [-0.25, -0.2) is 0 Å². The van der Waals surface area contributed by atoms with Crippen molar-refractivity contribution in [1.29, 1.82) is 0 Å². The highest BCUT2D eigenvalue weighted by Gasteiger charge is 2.36.